The number of carboxylic acid groups (broad SMARTS) is 1. The van der Waals surface area contributed by atoms with Crippen molar-refractivity contribution in [3.8, 4) is 0 Å². The lowest BCUT2D eigenvalue weighted by molar-refractivity contribution is -0.135. The van der Waals surface area contributed by atoms with Gasteiger partial charge in [-0.1, -0.05) is 0 Å². The van der Waals surface area contributed by atoms with Gasteiger partial charge in [0, 0.05) is 25.2 Å². The summed E-state index contributed by atoms with van der Waals surface area (Å²) in [7, 11) is 0. The molecule has 0 bridgehead atoms. The Kier molecular flexibility index (Phi) is 2.70. The minimum Gasteiger partial charge on any atom is -0.477 e. The van der Waals surface area contributed by atoms with Gasteiger partial charge in [-0.3, -0.25) is 4.79 Å². The number of carboxylic acids is 1. The van der Waals surface area contributed by atoms with Crippen LogP contribution in [0.2, 0.25) is 0 Å². The summed E-state index contributed by atoms with van der Waals surface area (Å²) in [5, 5.41) is 8.79. The Labute approximate surface area is 76.8 Å². The zero-order chi connectivity index (χ0) is 10.0. The van der Waals surface area contributed by atoms with Crippen molar-refractivity contribution < 1.29 is 14.7 Å². The van der Waals surface area contributed by atoms with Crippen LogP contribution in [0.15, 0.2) is 11.3 Å². The number of hydrogen-bond donors (Lipinski definition) is 1. The number of allylic oxidation sites excluding steroid dienone is 1. The van der Waals surface area contributed by atoms with E-state index in [1.54, 1.807) is 6.92 Å². The molecule has 0 aliphatic carbocycles. The Bertz CT molecular complexity index is 281. The van der Waals surface area contributed by atoms with Gasteiger partial charge in [-0.05, 0) is 13.8 Å². The molecule has 0 amide bonds. The first-order chi connectivity index (χ1) is 6.07. The van der Waals surface area contributed by atoms with E-state index in [1.807, 2.05) is 11.8 Å². The third-order valence-corrected chi connectivity index (χ3v) is 2.32. The molecule has 0 saturated carbocycles. The number of hydrogen-bond acceptors (Lipinski definition) is 3. The third-order valence-electron chi connectivity index (χ3n) is 2.32. The first-order valence-electron chi connectivity index (χ1n) is 4.30. The number of carbonyl (C=O) groups is 2. The van der Waals surface area contributed by atoms with Gasteiger partial charge in [0.05, 0.1) is 0 Å². The largest absolute Gasteiger partial charge is 0.477 e. The average molecular weight is 183 g/mol. The summed E-state index contributed by atoms with van der Waals surface area (Å²) in [5.74, 6) is -1.37. The van der Waals surface area contributed by atoms with Gasteiger partial charge in [0.25, 0.3) is 0 Å². The van der Waals surface area contributed by atoms with Gasteiger partial charge in [0.2, 0.25) is 0 Å². The van der Waals surface area contributed by atoms with Crippen molar-refractivity contribution in [2.75, 3.05) is 13.1 Å². The molecule has 0 aromatic heterocycles. The van der Waals surface area contributed by atoms with E-state index in [2.05, 4.69) is 0 Å². The van der Waals surface area contributed by atoms with Crippen LogP contribution < -0.4 is 0 Å². The molecule has 0 unspecified atom stereocenters. The summed E-state index contributed by atoms with van der Waals surface area (Å²) in [6, 6.07) is 0. The Balaban J connectivity index is 3.07. The quantitative estimate of drug-likeness (QED) is 0.638. The van der Waals surface area contributed by atoms with Gasteiger partial charge in [0.15, 0.2) is 5.78 Å². The van der Waals surface area contributed by atoms with Crippen LogP contribution in [0.3, 0.4) is 0 Å². The summed E-state index contributed by atoms with van der Waals surface area (Å²) in [5.41, 5.74) is 0.541. The van der Waals surface area contributed by atoms with Crippen LogP contribution in [-0.2, 0) is 9.59 Å². The molecule has 0 saturated heterocycles. The van der Waals surface area contributed by atoms with Crippen molar-refractivity contribution in [3.05, 3.63) is 11.3 Å². The highest BCUT2D eigenvalue weighted by Crippen LogP contribution is 2.18. The van der Waals surface area contributed by atoms with Crippen LogP contribution in [0.1, 0.15) is 20.3 Å². The van der Waals surface area contributed by atoms with E-state index in [0.29, 0.717) is 18.7 Å². The molecule has 0 fully saturated rings. The fourth-order valence-corrected chi connectivity index (χ4v) is 1.56. The van der Waals surface area contributed by atoms with E-state index in [4.69, 9.17) is 5.11 Å². The van der Waals surface area contributed by atoms with E-state index < -0.39 is 5.97 Å². The second-order valence-corrected chi connectivity index (χ2v) is 3.02. The number of ketones is 1. The lowest BCUT2D eigenvalue weighted by Gasteiger charge is -2.28. The van der Waals surface area contributed by atoms with Crippen LogP contribution in [-0.4, -0.2) is 34.8 Å². The van der Waals surface area contributed by atoms with E-state index in [-0.39, 0.29) is 11.4 Å². The van der Waals surface area contributed by atoms with Gasteiger partial charge in [-0.15, -0.1) is 0 Å². The van der Waals surface area contributed by atoms with E-state index >= 15 is 0 Å². The zero-order valence-electron chi connectivity index (χ0n) is 7.83. The lowest BCUT2D eigenvalue weighted by Crippen LogP contribution is -2.34. The lowest BCUT2D eigenvalue weighted by atomic mass is 10.0. The van der Waals surface area contributed by atoms with Gasteiger partial charge >= 0.3 is 5.97 Å². The zero-order valence-corrected chi connectivity index (χ0v) is 7.83. The van der Waals surface area contributed by atoms with Crippen LogP contribution in [0.25, 0.3) is 0 Å². The minimum absolute atomic E-state index is 0.0481. The molecule has 0 aromatic rings. The van der Waals surface area contributed by atoms with Crippen LogP contribution >= 0.6 is 0 Å². The summed E-state index contributed by atoms with van der Waals surface area (Å²) >= 11 is 0. The van der Waals surface area contributed by atoms with Crippen LogP contribution in [0.5, 0.6) is 0 Å². The summed E-state index contributed by atoms with van der Waals surface area (Å²) in [4.78, 5) is 23.9. The average Bonchev–Trinajstić information content (AvgIpc) is 2.04. The molecule has 0 aromatic carbocycles. The Hall–Kier alpha value is -1.32. The maximum atomic E-state index is 11.2. The molecule has 1 aliphatic heterocycles. The highest BCUT2D eigenvalue weighted by Gasteiger charge is 2.27. The maximum Gasteiger partial charge on any atom is 0.341 e. The maximum absolute atomic E-state index is 11.2. The number of aliphatic carboxylic acids is 1. The monoisotopic (exact) mass is 183 g/mol. The van der Waals surface area contributed by atoms with Crippen LogP contribution in [0, 0.1) is 0 Å². The molecule has 1 rings (SSSR count). The normalized spacial score (nSPS) is 18.0. The number of carbonyl (C=O) groups excluding carboxylic acids is 1. The van der Waals surface area contributed by atoms with E-state index in [1.165, 1.54) is 0 Å². The number of Topliss-reactive ketones (excluding diaryl/α,β-unsaturated/α-hetero) is 1. The Morgan fingerprint density at radius 1 is 1.62 bits per heavy atom. The molecule has 72 valence electrons. The first kappa shape index (κ1) is 9.77. The van der Waals surface area contributed by atoms with Crippen molar-refractivity contribution >= 4 is 11.8 Å². The van der Waals surface area contributed by atoms with E-state index in [9.17, 15) is 9.59 Å². The van der Waals surface area contributed by atoms with Gasteiger partial charge in [0.1, 0.15) is 5.57 Å². The SMILES string of the molecule is CCN1CCC(=O)C(C(=O)O)=C1C. The highest BCUT2D eigenvalue weighted by molar-refractivity contribution is 6.17. The smallest absolute Gasteiger partial charge is 0.341 e. The van der Waals surface area contributed by atoms with Gasteiger partial charge < -0.3 is 10.0 Å². The summed E-state index contributed by atoms with van der Waals surface area (Å²) < 4.78 is 0. The highest BCUT2D eigenvalue weighted by atomic mass is 16.4. The molecular weight excluding hydrogens is 170 g/mol. The van der Waals surface area contributed by atoms with Crippen molar-refractivity contribution in [2.45, 2.75) is 20.3 Å². The van der Waals surface area contributed by atoms with Crippen molar-refractivity contribution in [1.29, 1.82) is 0 Å². The Morgan fingerprint density at radius 3 is 2.69 bits per heavy atom. The molecule has 0 spiro atoms. The molecule has 1 N–H and O–H groups in total. The standard InChI is InChI=1S/C9H13NO3/c1-3-10-5-4-7(11)8(6(10)2)9(12)13/h3-5H2,1-2H3,(H,12,13). The molecule has 1 aliphatic rings. The number of rotatable bonds is 2. The fourth-order valence-electron chi connectivity index (χ4n) is 1.56. The molecular formula is C9H13NO3. The first-order valence-corrected chi connectivity index (χ1v) is 4.30. The predicted molar refractivity (Wildman–Crippen MR) is 47.2 cm³/mol. The molecule has 4 heteroatoms. The van der Waals surface area contributed by atoms with Crippen molar-refractivity contribution in [1.82, 2.24) is 4.90 Å². The van der Waals surface area contributed by atoms with Gasteiger partial charge in [-0.2, -0.15) is 0 Å². The van der Waals surface area contributed by atoms with E-state index in [0.717, 1.165) is 6.54 Å². The van der Waals surface area contributed by atoms with Crippen molar-refractivity contribution in [3.63, 3.8) is 0 Å². The molecule has 13 heavy (non-hydrogen) atoms. The Morgan fingerprint density at radius 2 is 2.23 bits per heavy atom. The second kappa shape index (κ2) is 3.60. The molecule has 4 nitrogen and oxygen atoms in total. The summed E-state index contributed by atoms with van der Waals surface area (Å²) in [6.45, 7) is 5.01. The molecule has 0 atom stereocenters. The topological polar surface area (TPSA) is 57.6 Å². The molecule has 0 radical (unpaired) electrons. The molecule has 1 heterocycles. The minimum atomic E-state index is -1.11. The number of nitrogens with zero attached hydrogens (tertiary/aromatic N) is 1. The predicted octanol–water partition coefficient (Wildman–Crippen LogP) is 0.640. The summed E-state index contributed by atoms with van der Waals surface area (Å²) in [6.07, 6.45) is 0.312. The third kappa shape index (κ3) is 1.71. The fraction of sp³-hybridized carbons (Fsp3) is 0.556. The second-order valence-electron chi connectivity index (χ2n) is 3.02. The van der Waals surface area contributed by atoms with Crippen LogP contribution in [0.4, 0.5) is 0 Å². The van der Waals surface area contributed by atoms with Gasteiger partial charge in [-0.25, -0.2) is 4.79 Å². The van der Waals surface area contributed by atoms with Crippen molar-refractivity contribution in [2.24, 2.45) is 0 Å².